The van der Waals surface area contributed by atoms with Crippen molar-refractivity contribution in [3.8, 4) is 0 Å². The van der Waals surface area contributed by atoms with Gasteiger partial charge in [-0.15, -0.1) is 6.58 Å². The number of urea groups is 1. The maximum atomic E-state index is 12.5. The van der Waals surface area contributed by atoms with Crippen molar-refractivity contribution in [1.29, 1.82) is 0 Å². The lowest BCUT2D eigenvalue weighted by molar-refractivity contribution is -0.137. The van der Waals surface area contributed by atoms with E-state index in [2.05, 4.69) is 6.58 Å². The Kier molecular flexibility index (Phi) is 4.45. The third-order valence-corrected chi connectivity index (χ3v) is 4.19. The molecule has 2 unspecified atom stereocenters. The second kappa shape index (κ2) is 6.08. The van der Waals surface area contributed by atoms with E-state index in [4.69, 9.17) is 5.11 Å². The number of nitrogens with zero attached hydrogens (tertiary/aromatic N) is 2. The van der Waals surface area contributed by atoms with Crippen LogP contribution in [0.1, 0.15) is 32.1 Å². The summed E-state index contributed by atoms with van der Waals surface area (Å²) in [4.78, 5) is 26.6. The summed E-state index contributed by atoms with van der Waals surface area (Å²) < 4.78 is 0. The van der Waals surface area contributed by atoms with E-state index < -0.39 is 5.97 Å². The van der Waals surface area contributed by atoms with Crippen molar-refractivity contribution >= 4 is 12.0 Å². The van der Waals surface area contributed by atoms with Gasteiger partial charge in [-0.3, -0.25) is 4.79 Å². The van der Waals surface area contributed by atoms with Crippen molar-refractivity contribution < 1.29 is 14.7 Å². The number of hydrogen-bond donors (Lipinski definition) is 1. The van der Waals surface area contributed by atoms with Gasteiger partial charge in [-0.2, -0.15) is 0 Å². The Labute approximate surface area is 113 Å². The lowest BCUT2D eigenvalue weighted by Gasteiger charge is -2.40. The molecule has 1 heterocycles. The predicted molar refractivity (Wildman–Crippen MR) is 71.9 cm³/mol. The summed E-state index contributed by atoms with van der Waals surface area (Å²) in [5.74, 6) is -0.358. The van der Waals surface area contributed by atoms with Crippen LogP contribution in [-0.2, 0) is 4.79 Å². The number of piperidine rings is 1. The highest BCUT2D eigenvalue weighted by Crippen LogP contribution is 2.37. The number of carboxylic acids is 1. The van der Waals surface area contributed by atoms with E-state index in [9.17, 15) is 9.59 Å². The van der Waals surface area contributed by atoms with E-state index in [1.165, 1.54) is 24.2 Å². The number of fused-ring (bicyclic) bond motifs is 1. The van der Waals surface area contributed by atoms with Crippen LogP contribution in [0.15, 0.2) is 12.7 Å². The zero-order chi connectivity index (χ0) is 13.8. The molecule has 0 radical (unpaired) electrons. The molecule has 1 saturated carbocycles. The Hall–Kier alpha value is -1.52. The Morgan fingerprint density at radius 1 is 1.32 bits per heavy atom. The molecule has 19 heavy (non-hydrogen) atoms. The maximum absolute atomic E-state index is 12.5. The first-order chi connectivity index (χ1) is 9.13. The van der Waals surface area contributed by atoms with Gasteiger partial charge in [-0.1, -0.05) is 12.5 Å². The van der Waals surface area contributed by atoms with Gasteiger partial charge in [0.1, 0.15) is 6.54 Å². The molecule has 1 aliphatic carbocycles. The van der Waals surface area contributed by atoms with Crippen LogP contribution < -0.4 is 0 Å². The smallest absolute Gasteiger partial charge is 0.323 e. The second-order valence-corrected chi connectivity index (χ2v) is 5.44. The fourth-order valence-electron chi connectivity index (χ4n) is 3.40. The van der Waals surface area contributed by atoms with Crippen LogP contribution in [0.3, 0.4) is 0 Å². The molecule has 0 bridgehead atoms. The summed E-state index contributed by atoms with van der Waals surface area (Å²) in [7, 11) is 0. The third kappa shape index (κ3) is 3.08. The minimum absolute atomic E-state index is 0.140. The topological polar surface area (TPSA) is 60.9 Å². The van der Waals surface area contributed by atoms with Crippen molar-refractivity contribution in [2.75, 3.05) is 19.6 Å². The quantitative estimate of drug-likeness (QED) is 0.791. The van der Waals surface area contributed by atoms with E-state index in [0.29, 0.717) is 18.5 Å². The Bertz CT molecular complexity index is 370. The fourth-order valence-corrected chi connectivity index (χ4v) is 3.40. The molecule has 1 saturated heterocycles. The van der Waals surface area contributed by atoms with Crippen LogP contribution in [0.25, 0.3) is 0 Å². The zero-order valence-electron chi connectivity index (χ0n) is 11.3. The molecule has 5 nitrogen and oxygen atoms in total. The molecule has 1 aliphatic heterocycles. The summed E-state index contributed by atoms with van der Waals surface area (Å²) >= 11 is 0. The van der Waals surface area contributed by atoms with Crippen LogP contribution in [0.2, 0.25) is 0 Å². The normalized spacial score (nSPS) is 25.8. The number of carboxylic acid groups (broad SMARTS) is 1. The summed E-state index contributed by atoms with van der Waals surface area (Å²) in [6, 6.07) is 0.182. The summed E-state index contributed by atoms with van der Waals surface area (Å²) in [5.41, 5.74) is 0. The van der Waals surface area contributed by atoms with Crippen molar-refractivity contribution in [2.24, 2.45) is 5.92 Å². The fraction of sp³-hybridized carbons (Fsp3) is 0.714. The molecule has 2 amide bonds. The Morgan fingerprint density at radius 3 is 2.74 bits per heavy atom. The van der Waals surface area contributed by atoms with Crippen molar-refractivity contribution in [2.45, 2.75) is 38.1 Å². The number of rotatable bonds is 4. The molecule has 0 aromatic carbocycles. The molecule has 5 heteroatoms. The average molecular weight is 266 g/mol. The van der Waals surface area contributed by atoms with Gasteiger partial charge in [0.2, 0.25) is 0 Å². The Morgan fingerprint density at radius 2 is 2.05 bits per heavy atom. The first kappa shape index (κ1) is 13.9. The Balaban J connectivity index is 2.06. The van der Waals surface area contributed by atoms with Gasteiger partial charge in [-0.25, -0.2) is 4.79 Å². The number of aliphatic carboxylic acids is 1. The van der Waals surface area contributed by atoms with Gasteiger partial charge in [0, 0.05) is 19.1 Å². The lowest BCUT2D eigenvalue weighted by atomic mass is 9.92. The van der Waals surface area contributed by atoms with Gasteiger partial charge >= 0.3 is 12.0 Å². The van der Waals surface area contributed by atoms with Crippen molar-refractivity contribution in [3.05, 3.63) is 12.7 Å². The SMILES string of the molecule is C=CCN(CC(=O)O)C(=O)N1CCCC2CCCC21. The zero-order valence-corrected chi connectivity index (χ0v) is 11.3. The number of carbonyl (C=O) groups excluding carboxylic acids is 1. The predicted octanol–water partition coefficient (Wildman–Crippen LogP) is 1.94. The van der Waals surface area contributed by atoms with E-state index in [0.717, 1.165) is 19.4 Å². The largest absolute Gasteiger partial charge is 0.480 e. The van der Waals surface area contributed by atoms with E-state index >= 15 is 0 Å². The third-order valence-electron chi connectivity index (χ3n) is 4.19. The number of carbonyl (C=O) groups is 2. The van der Waals surface area contributed by atoms with Crippen LogP contribution in [0.5, 0.6) is 0 Å². The van der Waals surface area contributed by atoms with Crippen molar-refractivity contribution in [1.82, 2.24) is 9.80 Å². The first-order valence-electron chi connectivity index (χ1n) is 7.01. The molecule has 0 aromatic rings. The standard InChI is InChI=1S/C14H22N2O3/c1-2-8-15(10-13(17)18)14(19)16-9-4-6-11-5-3-7-12(11)16/h2,11-12H,1,3-10H2,(H,17,18). The van der Waals surface area contributed by atoms with Gasteiger partial charge in [-0.05, 0) is 31.6 Å². The highest BCUT2D eigenvalue weighted by molar-refractivity contribution is 5.80. The van der Waals surface area contributed by atoms with Gasteiger partial charge in [0.05, 0.1) is 0 Å². The van der Waals surface area contributed by atoms with Crippen molar-refractivity contribution in [3.63, 3.8) is 0 Å². The van der Waals surface area contributed by atoms with Crippen LogP contribution >= 0.6 is 0 Å². The van der Waals surface area contributed by atoms with E-state index in [-0.39, 0.29) is 12.6 Å². The monoisotopic (exact) mass is 266 g/mol. The van der Waals surface area contributed by atoms with Gasteiger partial charge < -0.3 is 14.9 Å². The highest BCUT2D eigenvalue weighted by atomic mass is 16.4. The summed E-state index contributed by atoms with van der Waals surface area (Å²) in [5, 5.41) is 8.90. The molecule has 0 aromatic heterocycles. The molecule has 0 spiro atoms. The van der Waals surface area contributed by atoms with Gasteiger partial charge in [0.25, 0.3) is 0 Å². The van der Waals surface area contributed by atoms with E-state index in [1.54, 1.807) is 6.08 Å². The average Bonchev–Trinajstić information content (AvgIpc) is 2.85. The molecule has 2 aliphatic rings. The second-order valence-electron chi connectivity index (χ2n) is 5.44. The molecular formula is C14H22N2O3. The van der Waals surface area contributed by atoms with Crippen LogP contribution in [0.4, 0.5) is 4.79 Å². The summed E-state index contributed by atoms with van der Waals surface area (Å²) in [6.45, 7) is 4.39. The maximum Gasteiger partial charge on any atom is 0.323 e. The van der Waals surface area contributed by atoms with Gasteiger partial charge in [0.15, 0.2) is 0 Å². The first-order valence-corrected chi connectivity index (χ1v) is 7.01. The number of amides is 2. The molecule has 106 valence electrons. The van der Waals surface area contributed by atoms with Crippen LogP contribution in [0, 0.1) is 5.92 Å². The van der Waals surface area contributed by atoms with Crippen LogP contribution in [-0.4, -0.2) is 52.6 Å². The molecule has 1 N–H and O–H groups in total. The molecule has 2 atom stereocenters. The summed E-state index contributed by atoms with van der Waals surface area (Å²) in [6.07, 6.45) is 7.26. The molecule has 2 rings (SSSR count). The molecular weight excluding hydrogens is 244 g/mol. The lowest BCUT2D eigenvalue weighted by Crippen LogP contribution is -2.52. The van der Waals surface area contributed by atoms with E-state index in [1.807, 2.05) is 4.90 Å². The molecule has 2 fully saturated rings. The number of hydrogen-bond acceptors (Lipinski definition) is 2. The highest BCUT2D eigenvalue weighted by Gasteiger charge is 2.38. The minimum Gasteiger partial charge on any atom is -0.480 e. The number of likely N-dealkylation sites (tertiary alicyclic amines) is 1. The minimum atomic E-state index is -0.977.